The van der Waals surface area contributed by atoms with Crippen molar-refractivity contribution in [2.75, 3.05) is 13.2 Å². The molecule has 4 aromatic rings. The number of halogens is 8. The van der Waals surface area contributed by atoms with E-state index in [0.29, 0.717) is 0 Å². The number of nitrogens with zero attached hydrogens (tertiary/aromatic N) is 4. The van der Waals surface area contributed by atoms with Gasteiger partial charge in [-0.2, -0.15) is 30.0 Å². The summed E-state index contributed by atoms with van der Waals surface area (Å²) in [5, 5.41) is 0. The van der Waals surface area contributed by atoms with Crippen molar-refractivity contribution in [3.8, 4) is 36.2 Å². The third-order valence-corrected chi connectivity index (χ3v) is 6.79. The number of benzene rings is 2. The Bertz CT molecular complexity index is 1980. The quantitative estimate of drug-likeness (QED) is 0.0827. The van der Waals surface area contributed by atoms with Gasteiger partial charge in [0.1, 0.15) is 13.2 Å². The van der Waals surface area contributed by atoms with E-state index in [4.69, 9.17) is 12.8 Å². The van der Waals surface area contributed by atoms with Gasteiger partial charge in [0.05, 0.1) is 22.5 Å². The number of hydrogen-bond acceptors (Lipinski definition) is 4. The van der Waals surface area contributed by atoms with Crippen LogP contribution in [0.25, 0.3) is 11.1 Å². The van der Waals surface area contributed by atoms with E-state index in [-0.39, 0.29) is 50.4 Å². The zero-order valence-corrected chi connectivity index (χ0v) is 26.4. The van der Waals surface area contributed by atoms with E-state index in [1.165, 1.54) is 73.4 Å². The maximum Gasteiger partial charge on any atom is 2.00 e. The van der Waals surface area contributed by atoms with Gasteiger partial charge in [-0.1, -0.05) is 36.1 Å². The van der Waals surface area contributed by atoms with Gasteiger partial charge in [0.15, 0.2) is 34.8 Å². The van der Waals surface area contributed by atoms with Crippen molar-refractivity contribution < 1.29 is 61.1 Å². The zero-order valence-electron chi connectivity index (χ0n) is 25.4. The first-order chi connectivity index (χ1) is 24.1. The van der Waals surface area contributed by atoms with Crippen LogP contribution in [-0.2, 0) is 16.5 Å². The minimum Gasteiger partial charge on any atom is -0.664 e. The van der Waals surface area contributed by atoms with Crippen LogP contribution in [0.2, 0.25) is 0 Å². The predicted molar refractivity (Wildman–Crippen MR) is 168 cm³/mol. The summed E-state index contributed by atoms with van der Waals surface area (Å²) >= 11 is 0. The first-order valence-corrected chi connectivity index (χ1v) is 14.0. The summed E-state index contributed by atoms with van der Waals surface area (Å²) in [7, 11) is 0. The molecule has 0 fully saturated rings. The number of terminal acetylenes is 2. The van der Waals surface area contributed by atoms with Crippen LogP contribution < -0.4 is 19.4 Å². The second kappa shape index (κ2) is 16.6. The molecule has 0 radical (unpaired) electrons. The second-order valence-electron chi connectivity index (χ2n) is 9.75. The van der Waals surface area contributed by atoms with Gasteiger partial charge in [-0.25, -0.2) is 17.6 Å². The average molecular weight is 749 g/mol. The summed E-state index contributed by atoms with van der Waals surface area (Å²) in [5.74, 6) is -11.7. The molecule has 260 valence electrons. The minimum atomic E-state index is -1.68. The summed E-state index contributed by atoms with van der Waals surface area (Å²) in [6, 6.07) is 5.93. The summed E-state index contributed by atoms with van der Waals surface area (Å²) < 4.78 is 124. The van der Waals surface area contributed by atoms with Crippen LogP contribution in [-0.4, -0.2) is 25.6 Å². The van der Waals surface area contributed by atoms with Crippen molar-refractivity contribution in [3.05, 3.63) is 141 Å². The Morgan fingerprint density at radius 1 is 0.588 bits per heavy atom. The summed E-state index contributed by atoms with van der Waals surface area (Å²) in [4.78, 5) is 15.8. The Morgan fingerprint density at radius 2 is 0.941 bits per heavy atom. The molecule has 4 heterocycles. The predicted octanol–water partition coefficient (Wildman–Crippen LogP) is 7.22. The molecule has 0 bridgehead atoms. The molecule has 2 aliphatic rings. The van der Waals surface area contributed by atoms with E-state index >= 15 is 0 Å². The van der Waals surface area contributed by atoms with Gasteiger partial charge in [-0.05, 0) is 35.5 Å². The number of allylic oxidation sites excluding steroid dienone is 4. The van der Waals surface area contributed by atoms with E-state index in [1.807, 2.05) is 11.8 Å². The number of rotatable bonds is 8. The van der Waals surface area contributed by atoms with Crippen molar-refractivity contribution in [1.82, 2.24) is 9.97 Å². The fraction of sp³-hybridized carbons (Fsp3) is 0.0556. The van der Waals surface area contributed by atoms with Crippen molar-refractivity contribution >= 4 is 23.6 Å². The fourth-order valence-electron chi connectivity index (χ4n) is 4.71. The van der Waals surface area contributed by atoms with Gasteiger partial charge in [0.25, 0.3) is 0 Å². The van der Waals surface area contributed by atoms with E-state index in [2.05, 4.69) is 29.4 Å². The van der Waals surface area contributed by atoms with Crippen LogP contribution in [0, 0.1) is 71.2 Å². The first kappa shape index (κ1) is 37.8. The van der Waals surface area contributed by atoms with Crippen LogP contribution in [0.3, 0.4) is 0 Å². The molecule has 6 rings (SSSR count). The first-order valence-electron chi connectivity index (χ1n) is 14.0. The molecule has 0 saturated heterocycles. The molecule has 2 aromatic heterocycles. The standard InChI is InChI=1S/2C18H9F4N2O.Ni/c2*1-2-9-25-18-16(21)14(19)13(15(20)17(18)22)12(10-5-3-7-23-10)11-6-4-8-24-11;/h2*1,3-8H,9H2;/q2*-1;+2/b2*12-10+;. The van der Waals surface area contributed by atoms with E-state index in [9.17, 15) is 35.1 Å². The molecule has 6 nitrogen and oxygen atoms in total. The maximum absolute atomic E-state index is 14.6. The third-order valence-electron chi connectivity index (χ3n) is 6.79. The molecule has 0 amide bonds. The van der Waals surface area contributed by atoms with Gasteiger partial charge in [0, 0.05) is 12.4 Å². The number of aliphatic imine (C=N–C) groups is 2. The summed E-state index contributed by atoms with van der Waals surface area (Å²) in [5.41, 5.74) is -1.71. The molecule has 2 aliphatic heterocycles. The monoisotopic (exact) mass is 748 g/mol. The number of ether oxygens (including phenoxy) is 2. The number of hydrogen-bond donors (Lipinski definition) is 0. The average Bonchev–Trinajstić information content (AvgIpc) is 3.96. The molecule has 0 aliphatic carbocycles. The maximum atomic E-state index is 14.6. The molecular formula is C36H18F8N4NiO2. The van der Waals surface area contributed by atoms with Crippen molar-refractivity contribution in [3.63, 3.8) is 0 Å². The second-order valence-corrected chi connectivity index (χ2v) is 9.75. The molecule has 15 heteroatoms. The Hall–Kier alpha value is -6.05. The van der Waals surface area contributed by atoms with Crippen LogP contribution in [0.4, 0.5) is 35.1 Å². The van der Waals surface area contributed by atoms with Crippen LogP contribution >= 0.6 is 0 Å². The Balaban J connectivity index is 0.000000224. The van der Waals surface area contributed by atoms with Gasteiger partial charge in [-0.15, -0.1) is 24.2 Å². The largest absolute Gasteiger partial charge is 2.00 e. The van der Waals surface area contributed by atoms with Crippen molar-refractivity contribution in [2.45, 2.75) is 0 Å². The Morgan fingerprint density at radius 3 is 1.20 bits per heavy atom. The minimum absolute atomic E-state index is 0. The molecule has 0 unspecified atom stereocenters. The van der Waals surface area contributed by atoms with Crippen LogP contribution in [0.1, 0.15) is 22.5 Å². The molecule has 0 spiro atoms. The van der Waals surface area contributed by atoms with E-state index < -0.39 is 82.4 Å². The van der Waals surface area contributed by atoms with Crippen LogP contribution in [0.15, 0.2) is 82.3 Å². The fourth-order valence-corrected chi connectivity index (χ4v) is 4.71. The zero-order chi connectivity index (χ0) is 35.9. The van der Waals surface area contributed by atoms with E-state index in [1.54, 1.807) is 0 Å². The normalized spacial score (nSPS) is 14.4. The van der Waals surface area contributed by atoms with Gasteiger partial charge in [0.2, 0.25) is 23.3 Å². The van der Waals surface area contributed by atoms with Gasteiger partial charge >= 0.3 is 16.5 Å². The third kappa shape index (κ3) is 7.44. The molecule has 2 aromatic carbocycles. The van der Waals surface area contributed by atoms with Gasteiger partial charge < -0.3 is 19.4 Å². The SMILES string of the molecule is C#CCOc1c(F)c(F)c(/C(=C2\C=CC=N2)c2ccc[n-]2)c(F)c1F.C#CCOc1c(F)c(F)c(/C(=C2\C=CC=N2)c2ccc[n-]2)c(F)c1F.[Ni+2]. The summed E-state index contributed by atoms with van der Waals surface area (Å²) in [6.07, 6.45) is 21.3. The molecule has 0 N–H and O–H groups in total. The van der Waals surface area contributed by atoms with Gasteiger partial charge in [-0.3, -0.25) is 9.98 Å². The smallest absolute Gasteiger partial charge is 0.664 e. The van der Waals surface area contributed by atoms with Crippen LogP contribution in [0.5, 0.6) is 11.5 Å². The molecule has 0 atom stereocenters. The molecular weight excluding hydrogens is 731 g/mol. The van der Waals surface area contributed by atoms with E-state index in [0.717, 1.165) is 0 Å². The molecule has 51 heavy (non-hydrogen) atoms. The topological polar surface area (TPSA) is 71.4 Å². The number of aromatic nitrogens is 2. The van der Waals surface area contributed by atoms with Crippen molar-refractivity contribution in [1.29, 1.82) is 0 Å². The Kier molecular flexibility index (Phi) is 12.3. The summed E-state index contributed by atoms with van der Waals surface area (Å²) in [6.45, 7) is -1.09. The molecule has 0 saturated carbocycles. The van der Waals surface area contributed by atoms with Crippen molar-refractivity contribution in [2.24, 2.45) is 9.98 Å². The Labute approximate surface area is 294 Å².